The van der Waals surface area contributed by atoms with Crippen molar-refractivity contribution in [3.8, 4) is 11.8 Å². The molecule has 0 fully saturated rings. The molecule has 5 nitrogen and oxygen atoms in total. The van der Waals surface area contributed by atoms with Crippen LogP contribution in [0.15, 0.2) is 60.8 Å². The van der Waals surface area contributed by atoms with Gasteiger partial charge in [-0.1, -0.05) is 61.6 Å². The Morgan fingerprint density at radius 1 is 0.968 bits per heavy atom. The number of methoxy groups -OCH3 is 2. The molecular formula is C26H27NO4. The Morgan fingerprint density at radius 3 is 2.35 bits per heavy atom. The lowest BCUT2D eigenvalue weighted by atomic mass is 9.89. The molecule has 0 saturated carbocycles. The Morgan fingerprint density at radius 2 is 1.65 bits per heavy atom. The first-order valence-corrected chi connectivity index (χ1v) is 10.4. The van der Waals surface area contributed by atoms with Crippen LogP contribution in [0, 0.1) is 17.8 Å². The van der Waals surface area contributed by atoms with Crippen molar-refractivity contribution < 1.29 is 19.1 Å². The van der Waals surface area contributed by atoms with E-state index < -0.39 is 23.9 Å². The van der Waals surface area contributed by atoms with Gasteiger partial charge in [-0.15, -0.1) is 0 Å². The highest BCUT2D eigenvalue weighted by Gasteiger charge is 2.40. The molecule has 0 saturated heterocycles. The van der Waals surface area contributed by atoms with Crippen LogP contribution in [0.4, 0.5) is 0 Å². The molecule has 0 spiro atoms. The second-order valence-electron chi connectivity index (χ2n) is 7.24. The van der Waals surface area contributed by atoms with Gasteiger partial charge in [-0.2, -0.15) is 0 Å². The number of fused-ring (bicyclic) bond motifs is 1. The fourth-order valence-corrected chi connectivity index (χ4v) is 3.74. The maximum absolute atomic E-state index is 12.8. The molecule has 5 heteroatoms. The molecule has 31 heavy (non-hydrogen) atoms. The fourth-order valence-electron chi connectivity index (χ4n) is 3.74. The minimum absolute atomic E-state index is 0.650. The minimum atomic E-state index is -1.18. The van der Waals surface area contributed by atoms with Gasteiger partial charge in [-0.3, -0.25) is 9.59 Å². The molecule has 1 unspecified atom stereocenters. The summed E-state index contributed by atoms with van der Waals surface area (Å²) >= 11 is 0. The van der Waals surface area contributed by atoms with E-state index in [1.54, 1.807) is 0 Å². The van der Waals surface area contributed by atoms with Crippen molar-refractivity contribution in [3.63, 3.8) is 0 Å². The highest BCUT2D eigenvalue weighted by Crippen LogP contribution is 2.34. The van der Waals surface area contributed by atoms with Crippen LogP contribution in [0.1, 0.15) is 43.4 Å². The van der Waals surface area contributed by atoms with E-state index in [0.717, 1.165) is 41.3 Å². The summed E-state index contributed by atoms with van der Waals surface area (Å²) in [6.45, 7) is 2.13. The van der Waals surface area contributed by atoms with Gasteiger partial charge in [-0.25, -0.2) is 0 Å². The van der Waals surface area contributed by atoms with Crippen LogP contribution in [0.25, 0.3) is 10.9 Å². The highest BCUT2D eigenvalue weighted by atomic mass is 16.5. The average Bonchev–Trinajstić information content (AvgIpc) is 3.23. The van der Waals surface area contributed by atoms with Crippen molar-refractivity contribution in [2.75, 3.05) is 14.2 Å². The summed E-state index contributed by atoms with van der Waals surface area (Å²) in [5.41, 5.74) is 2.45. The van der Waals surface area contributed by atoms with Crippen molar-refractivity contribution in [3.05, 3.63) is 71.9 Å². The van der Waals surface area contributed by atoms with Crippen LogP contribution in [0.5, 0.6) is 0 Å². The van der Waals surface area contributed by atoms with Crippen LogP contribution in [0.3, 0.4) is 0 Å². The molecule has 0 aliphatic heterocycles. The number of carbonyl (C=O) groups is 2. The SMILES string of the molecule is CCCCC#Cc1ccccc1C(C(C(=O)OC)C(=O)OC)n1ccc2ccccc21. The number of hydrogen-bond donors (Lipinski definition) is 0. The number of aromatic nitrogens is 1. The molecule has 0 radical (unpaired) electrons. The third-order valence-corrected chi connectivity index (χ3v) is 5.31. The molecule has 0 amide bonds. The van der Waals surface area contributed by atoms with Crippen molar-refractivity contribution in [1.82, 2.24) is 4.57 Å². The Kier molecular flexibility index (Phi) is 7.50. The predicted octanol–water partition coefficient (Wildman–Crippen LogP) is 4.73. The van der Waals surface area contributed by atoms with E-state index in [1.165, 1.54) is 14.2 Å². The van der Waals surface area contributed by atoms with Crippen LogP contribution in [-0.2, 0) is 19.1 Å². The zero-order valence-electron chi connectivity index (χ0n) is 18.1. The van der Waals surface area contributed by atoms with Gasteiger partial charge in [0.15, 0.2) is 5.92 Å². The Labute approximate surface area is 183 Å². The molecular weight excluding hydrogens is 390 g/mol. The summed E-state index contributed by atoms with van der Waals surface area (Å²) in [6.07, 6.45) is 4.77. The van der Waals surface area contributed by atoms with Crippen molar-refractivity contribution in [2.45, 2.75) is 32.2 Å². The second-order valence-corrected chi connectivity index (χ2v) is 7.24. The lowest BCUT2D eigenvalue weighted by molar-refractivity contribution is -0.160. The molecule has 3 rings (SSSR count). The topological polar surface area (TPSA) is 57.5 Å². The van der Waals surface area contributed by atoms with Crippen LogP contribution in [0.2, 0.25) is 0 Å². The molecule has 0 N–H and O–H groups in total. The van der Waals surface area contributed by atoms with Crippen molar-refractivity contribution in [2.24, 2.45) is 5.92 Å². The smallest absolute Gasteiger partial charge is 0.322 e. The lowest BCUT2D eigenvalue weighted by Gasteiger charge is -2.27. The third kappa shape index (κ3) is 4.80. The average molecular weight is 418 g/mol. The fraction of sp³-hybridized carbons (Fsp3) is 0.308. The number of nitrogens with zero attached hydrogens (tertiary/aromatic N) is 1. The summed E-state index contributed by atoms with van der Waals surface area (Å²) in [5, 5.41) is 1.01. The van der Waals surface area contributed by atoms with E-state index in [1.807, 2.05) is 65.4 Å². The van der Waals surface area contributed by atoms with Crippen LogP contribution >= 0.6 is 0 Å². The predicted molar refractivity (Wildman–Crippen MR) is 120 cm³/mol. The summed E-state index contributed by atoms with van der Waals surface area (Å²) in [7, 11) is 2.55. The van der Waals surface area contributed by atoms with Crippen LogP contribution < -0.4 is 0 Å². The third-order valence-electron chi connectivity index (χ3n) is 5.31. The molecule has 2 aromatic carbocycles. The molecule has 160 valence electrons. The van der Waals surface area contributed by atoms with E-state index in [2.05, 4.69) is 18.8 Å². The zero-order valence-corrected chi connectivity index (χ0v) is 18.1. The number of carbonyl (C=O) groups excluding carboxylic acids is 2. The van der Waals surface area contributed by atoms with Gasteiger partial charge < -0.3 is 14.0 Å². The molecule has 1 heterocycles. The zero-order chi connectivity index (χ0) is 22.2. The molecule has 1 aromatic heterocycles. The number of esters is 2. The van der Waals surface area contributed by atoms with Gasteiger partial charge in [0.05, 0.1) is 20.3 Å². The number of para-hydroxylation sites is 1. The van der Waals surface area contributed by atoms with Crippen molar-refractivity contribution in [1.29, 1.82) is 0 Å². The molecule has 0 bridgehead atoms. The summed E-state index contributed by atoms with van der Waals surface area (Å²) in [4.78, 5) is 25.6. The van der Waals surface area contributed by atoms with Gasteiger partial charge in [0.2, 0.25) is 0 Å². The Hall–Kier alpha value is -3.52. The quantitative estimate of drug-likeness (QED) is 0.241. The Bertz CT molecular complexity index is 1100. The summed E-state index contributed by atoms with van der Waals surface area (Å²) in [6, 6.07) is 16.7. The van der Waals surface area contributed by atoms with Crippen LogP contribution in [-0.4, -0.2) is 30.7 Å². The van der Waals surface area contributed by atoms with E-state index in [0.29, 0.717) is 0 Å². The number of benzene rings is 2. The monoisotopic (exact) mass is 417 g/mol. The lowest BCUT2D eigenvalue weighted by Crippen LogP contribution is -2.35. The maximum Gasteiger partial charge on any atom is 0.322 e. The highest BCUT2D eigenvalue weighted by molar-refractivity contribution is 5.96. The number of hydrogen-bond acceptors (Lipinski definition) is 4. The number of rotatable bonds is 7. The van der Waals surface area contributed by atoms with Gasteiger partial charge >= 0.3 is 11.9 Å². The minimum Gasteiger partial charge on any atom is -0.468 e. The Balaban J connectivity index is 2.23. The van der Waals surface area contributed by atoms with E-state index >= 15 is 0 Å². The van der Waals surface area contributed by atoms with Gasteiger partial charge in [0, 0.05) is 23.7 Å². The molecule has 0 aliphatic carbocycles. The maximum atomic E-state index is 12.8. The van der Waals surface area contributed by atoms with Gasteiger partial charge in [-0.05, 0) is 35.6 Å². The first-order valence-electron chi connectivity index (χ1n) is 10.4. The number of unbranched alkanes of at least 4 members (excludes halogenated alkanes) is 2. The van der Waals surface area contributed by atoms with E-state index in [-0.39, 0.29) is 0 Å². The summed E-state index contributed by atoms with van der Waals surface area (Å²) < 4.78 is 12.0. The standard InChI is InChI=1S/C26H27NO4/c1-4-5-6-7-12-19-13-8-10-15-21(19)24(23(25(28)30-2)26(29)31-3)27-18-17-20-14-9-11-16-22(20)27/h8-11,13-18,23-24H,4-6H2,1-3H3. The van der Waals surface area contributed by atoms with Gasteiger partial charge in [0.1, 0.15) is 0 Å². The molecule has 1 atom stereocenters. The molecule has 0 aliphatic rings. The van der Waals surface area contributed by atoms with E-state index in [9.17, 15) is 9.59 Å². The second kappa shape index (κ2) is 10.5. The van der Waals surface area contributed by atoms with Gasteiger partial charge in [0.25, 0.3) is 0 Å². The van der Waals surface area contributed by atoms with Crippen molar-refractivity contribution >= 4 is 22.8 Å². The first kappa shape index (κ1) is 22.2. The molecule has 3 aromatic rings. The normalized spacial score (nSPS) is 11.6. The van der Waals surface area contributed by atoms with E-state index in [4.69, 9.17) is 9.47 Å². The first-order chi connectivity index (χ1) is 15.1. The largest absolute Gasteiger partial charge is 0.468 e. The number of ether oxygens (including phenoxy) is 2. The summed E-state index contributed by atoms with van der Waals surface area (Å²) in [5.74, 6) is 3.98.